The quantitative estimate of drug-likeness (QED) is 0.842. The molecule has 0 aliphatic carbocycles. The van der Waals surface area contributed by atoms with E-state index in [2.05, 4.69) is 15.5 Å². The molecule has 0 spiro atoms. The van der Waals surface area contributed by atoms with Crippen LogP contribution in [0.25, 0.3) is 0 Å². The van der Waals surface area contributed by atoms with Crippen LogP contribution in [0.1, 0.15) is 33.1 Å². The predicted molar refractivity (Wildman–Crippen MR) is 70.6 cm³/mol. The Balaban J connectivity index is 2.03. The summed E-state index contributed by atoms with van der Waals surface area (Å²) in [7, 11) is 0. The van der Waals surface area contributed by atoms with Crippen molar-refractivity contribution in [3.63, 3.8) is 0 Å². The Morgan fingerprint density at radius 3 is 2.80 bits per heavy atom. The van der Waals surface area contributed by atoms with Crippen LogP contribution >= 0.6 is 0 Å². The van der Waals surface area contributed by atoms with Crippen molar-refractivity contribution >= 4 is 11.8 Å². The van der Waals surface area contributed by atoms with Gasteiger partial charge in [-0.2, -0.15) is 4.98 Å². The molecular weight excluding hydrogens is 260 g/mol. The Morgan fingerprint density at radius 1 is 1.45 bits per heavy atom. The standard InChI is InChI=1S/C13H20N4O3/c1-8(2)6-10-13(19)17(9(3)12(18)16-10)5-4-11-14-7-15-20-11/h7-10H,4-6H2,1-3H3,(H,16,18). The molecule has 0 saturated carbocycles. The molecule has 7 nitrogen and oxygen atoms in total. The monoisotopic (exact) mass is 280 g/mol. The first-order chi connectivity index (χ1) is 9.49. The zero-order valence-corrected chi connectivity index (χ0v) is 12.0. The highest BCUT2D eigenvalue weighted by Crippen LogP contribution is 2.16. The number of hydrogen-bond acceptors (Lipinski definition) is 5. The van der Waals surface area contributed by atoms with Gasteiger partial charge in [0.1, 0.15) is 12.1 Å². The summed E-state index contributed by atoms with van der Waals surface area (Å²) in [4.78, 5) is 29.9. The van der Waals surface area contributed by atoms with E-state index in [9.17, 15) is 9.59 Å². The van der Waals surface area contributed by atoms with Crippen molar-refractivity contribution in [2.75, 3.05) is 6.54 Å². The molecule has 20 heavy (non-hydrogen) atoms. The second-order valence-electron chi connectivity index (χ2n) is 5.48. The van der Waals surface area contributed by atoms with Gasteiger partial charge < -0.3 is 14.7 Å². The number of carbonyl (C=O) groups is 2. The maximum Gasteiger partial charge on any atom is 0.245 e. The van der Waals surface area contributed by atoms with Crippen molar-refractivity contribution < 1.29 is 14.1 Å². The van der Waals surface area contributed by atoms with Crippen molar-refractivity contribution in [3.8, 4) is 0 Å². The maximum atomic E-state index is 12.4. The fourth-order valence-electron chi connectivity index (χ4n) is 2.34. The van der Waals surface area contributed by atoms with E-state index in [-0.39, 0.29) is 11.8 Å². The van der Waals surface area contributed by atoms with Gasteiger partial charge in [-0.25, -0.2) is 0 Å². The summed E-state index contributed by atoms with van der Waals surface area (Å²) in [6, 6.07) is -0.893. The normalized spacial score (nSPS) is 23.3. The first kappa shape index (κ1) is 14.5. The Hall–Kier alpha value is -1.92. The van der Waals surface area contributed by atoms with Crippen LogP contribution < -0.4 is 5.32 Å². The average molecular weight is 280 g/mol. The highest BCUT2D eigenvalue weighted by atomic mass is 16.5. The number of hydrogen-bond donors (Lipinski definition) is 1. The van der Waals surface area contributed by atoms with E-state index in [1.54, 1.807) is 11.8 Å². The van der Waals surface area contributed by atoms with Gasteiger partial charge in [-0.05, 0) is 19.3 Å². The minimum Gasteiger partial charge on any atom is -0.343 e. The smallest absolute Gasteiger partial charge is 0.245 e. The summed E-state index contributed by atoms with van der Waals surface area (Å²) in [5.74, 6) is 0.665. The molecule has 1 aliphatic rings. The van der Waals surface area contributed by atoms with Crippen LogP contribution in [-0.4, -0.2) is 45.5 Å². The molecule has 0 aromatic carbocycles. The van der Waals surface area contributed by atoms with Gasteiger partial charge in [0.25, 0.3) is 0 Å². The number of amides is 2. The van der Waals surface area contributed by atoms with E-state index in [4.69, 9.17) is 4.52 Å². The molecule has 2 atom stereocenters. The number of nitrogens with zero attached hydrogens (tertiary/aromatic N) is 3. The average Bonchev–Trinajstić information content (AvgIpc) is 2.88. The molecule has 1 aromatic heterocycles. The molecule has 2 unspecified atom stereocenters. The van der Waals surface area contributed by atoms with Gasteiger partial charge in [0.15, 0.2) is 6.33 Å². The molecule has 1 N–H and O–H groups in total. The molecule has 2 rings (SSSR count). The van der Waals surface area contributed by atoms with Gasteiger partial charge in [0.2, 0.25) is 17.7 Å². The number of rotatable bonds is 5. The van der Waals surface area contributed by atoms with Crippen LogP contribution in [0.3, 0.4) is 0 Å². The second-order valence-corrected chi connectivity index (χ2v) is 5.48. The molecule has 2 heterocycles. The topological polar surface area (TPSA) is 88.3 Å². The van der Waals surface area contributed by atoms with Crippen molar-refractivity contribution in [1.82, 2.24) is 20.4 Å². The minimum absolute atomic E-state index is 0.0367. The van der Waals surface area contributed by atoms with E-state index >= 15 is 0 Å². The highest BCUT2D eigenvalue weighted by Gasteiger charge is 2.37. The number of carbonyl (C=O) groups excluding carboxylic acids is 2. The Kier molecular flexibility index (Phi) is 4.36. The van der Waals surface area contributed by atoms with Crippen molar-refractivity contribution in [3.05, 3.63) is 12.2 Å². The Morgan fingerprint density at radius 2 is 2.20 bits per heavy atom. The van der Waals surface area contributed by atoms with Gasteiger partial charge in [-0.1, -0.05) is 19.0 Å². The van der Waals surface area contributed by atoms with E-state index in [1.165, 1.54) is 6.33 Å². The molecule has 2 amide bonds. The zero-order valence-electron chi connectivity index (χ0n) is 12.0. The lowest BCUT2D eigenvalue weighted by Crippen LogP contribution is -2.62. The lowest BCUT2D eigenvalue weighted by atomic mass is 9.99. The zero-order chi connectivity index (χ0) is 14.7. The summed E-state index contributed by atoms with van der Waals surface area (Å²) in [5, 5.41) is 6.31. The summed E-state index contributed by atoms with van der Waals surface area (Å²) < 4.78 is 4.91. The van der Waals surface area contributed by atoms with Crippen molar-refractivity contribution in [2.24, 2.45) is 5.92 Å². The maximum absolute atomic E-state index is 12.4. The summed E-state index contributed by atoms with van der Waals surface area (Å²) >= 11 is 0. The lowest BCUT2D eigenvalue weighted by Gasteiger charge is -2.37. The lowest BCUT2D eigenvalue weighted by molar-refractivity contribution is -0.149. The molecule has 1 saturated heterocycles. The summed E-state index contributed by atoms with van der Waals surface area (Å²) in [6.07, 6.45) is 2.43. The fraction of sp³-hybridized carbons (Fsp3) is 0.692. The Bertz CT molecular complexity index is 472. The number of nitrogens with one attached hydrogen (secondary N) is 1. The molecule has 110 valence electrons. The summed E-state index contributed by atoms with van der Waals surface area (Å²) in [5.41, 5.74) is 0. The minimum atomic E-state index is -0.464. The van der Waals surface area contributed by atoms with Gasteiger partial charge in [-0.15, -0.1) is 0 Å². The van der Waals surface area contributed by atoms with Crippen molar-refractivity contribution in [2.45, 2.75) is 45.7 Å². The number of piperazine rings is 1. The van der Waals surface area contributed by atoms with E-state index in [0.717, 1.165) is 0 Å². The first-order valence-electron chi connectivity index (χ1n) is 6.85. The van der Waals surface area contributed by atoms with Gasteiger partial charge in [0.05, 0.1) is 0 Å². The fourth-order valence-corrected chi connectivity index (χ4v) is 2.34. The molecule has 1 aliphatic heterocycles. The van der Waals surface area contributed by atoms with E-state index in [1.807, 2.05) is 13.8 Å². The van der Waals surface area contributed by atoms with E-state index < -0.39 is 12.1 Å². The highest BCUT2D eigenvalue weighted by molar-refractivity contribution is 5.96. The third-order valence-corrected chi connectivity index (χ3v) is 3.43. The van der Waals surface area contributed by atoms with Crippen LogP contribution in [0.4, 0.5) is 0 Å². The SMILES string of the molecule is CC(C)CC1NC(=O)C(C)N(CCc2ncno2)C1=O. The van der Waals surface area contributed by atoms with Gasteiger partial charge >= 0.3 is 0 Å². The van der Waals surface area contributed by atoms with Gasteiger partial charge in [0, 0.05) is 13.0 Å². The summed E-state index contributed by atoms with van der Waals surface area (Å²) in [6.45, 7) is 6.19. The Labute approximate surface area is 117 Å². The van der Waals surface area contributed by atoms with E-state index in [0.29, 0.717) is 31.2 Å². The molecular formula is C13H20N4O3. The molecule has 0 bridgehead atoms. The molecule has 1 fully saturated rings. The molecule has 1 aromatic rings. The van der Waals surface area contributed by atoms with Crippen LogP contribution in [0.15, 0.2) is 10.9 Å². The first-order valence-corrected chi connectivity index (χ1v) is 6.85. The second kappa shape index (κ2) is 6.02. The van der Waals surface area contributed by atoms with Crippen LogP contribution in [0.2, 0.25) is 0 Å². The van der Waals surface area contributed by atoms with Gasteiger partial charge in [-0.3, -0.25) is 9.59 Å². The van der Waals surface area contributed by atoms with Crippen LogP contribution in [0.5, 0.6) is 0 Å². The third kappa shape index (κ3) is 3.15. The van der Waals surface area contributed by atoms with Crippen LogP contribution in [-0.2, 0) is 16.0 Å². The third-order valence-electron chi connectivity index (χ3n) is 3.43. The number of aromatic nitrogens is 2. The largest absolute Gasteiger partial charge is 0.343 e. The van der Waals surface area contributed by atoms with Crippen LogP contribution in [0, 0.1) is 5.92 Å². The van der Waals surface area contributed by atoms with Crippen molar-refractivity contribution in [1.29, 1.82) is 0 Å². The molecule has 0 radical (unpaired) electrons. The molecule has 7 heteroatoms. The predicted octanol–water partition coefficient (Wildman–Crippen LogP) is 0.374.